The minimum Gasteiger partial charge on any atom is -1.00 e. The zero-order valence-corrected chi connectivity index (χ0v) is 19.5. The molecule has 9 nitrogen and oxygen atoms in total. The topological polar surface area (TPSA) is 110 Å². The van der Waals surface area contributed by atoms with E-state index in [4.69, 9.17) is 4.74 Å². The monoisotopic (exact) mass is 464 g/mol. The molecule has 2 amide bonds. The number of carbonyl (C=O) groups is 2. The number of carbonyl (C=O) groups excluding carboxylic acids is 2. The van der Waals surface area contributed by atoms with Crippen LogP contribution in [0.25, 0.3) is 0 Å². The van der Waals surface area contributed by atoms with Gasteiger partial charge in [0.25, 0.3) is 5.69 Å². The lowest BCUT2D eigenvalue weighted by molar-refractivity contribution is -0.568. The lowest BCUT2D eigenvalue weighted by Gasteiger charge is -2.18. The Morgan fingerprint density at radius 3 is 2.31 bits per heavy atom. The van der Waals surface area contributed by atoms with E-state index in [1.54, 1.807) is 37.5 Å². The molecule has 10 heteroatoms. The van der Waals surface area contributed by atoms with Gasteiger partial charge in [-0.2, -0.15) is 0 Å². The highest BCUT2D eigenvalue weighted by molar-refractivity contribution is 5.87. The summed E-state index contributed by atoms with van der Waals surface area (Å²) in [6, 6.07) is 11.6. The molecule has 2 N–H and O–H groups in total. The number of hydrogen-bond acceptors (Lipinski definition) is 6. The van der Waals surface area contributed by atoms with Crippen LogP contribution in [0.1, 0.15) is 16.7 Å². The van der Waals surface area contributed by atoms with Gasteiger partial charge in [0.05, 0.1) is 17.9 Å². The standard InChI is InChI=1S/C22H28N4O5.ClH/c1-16-13-20(26(29)30)10-7-18(16)15-31-22(28)25(4)19-8-5-17(6-9-19)14-21(27)23-11-12-24(2)3;/h5-10,13H,11-12,14-15H2,1-4H3,(H,23,27);1H. The quantitative estimate of drug-likeness (QED) is 0.371. The SMILES string of the molecule is Cc1cc([N+](=O)[O-])ccc1COC(=O)N(C)c1ccc(CC(=O)[NH2+]CCN(C)C)cc1.[Cl-]. The number of nitro groups is 1. The van der Waals surface area contributed by atoms with Crippen LogP contribution in [-0.4, -0.2) is 56.1 Å². The van der Waals surface area contributed by atoms with Crippen molar-refractivity contribution in [3.8, 4) is 0 Å². The molecule has 0 aliphatic rings. The van der Waals surface area contributed by atoms with E-state index >= 15 is 0 Å². The first kappa shape index (κ1) is 27.0. The van der Waals surface area contributed by atoms with Gasteiger partial charge in [0.15, 0.2) is 0 Å². The van der Waals surface area contributed by atoms with Gasteiger partial charge in [-0.1, -0.05) is 12.1 Å². The smallest absolute Gasteiger partial charge is 0.414 e. The number of non-ortho nitro benzene ring substituents is 1. The number of primary amides is 1. The number of ether oxygens (including phenoxy) is 1. The number of rotatable bonds is 9. The van der Waals surface area contributed by atoms with E-state index in [9.17, 15) is 19.7 Å². The summed E-state index contributed by atoms with van der Waals surface area (Å²) in [6.07, 6.45) is -0.222. The fraction of sp³-hybridized carbons (Fsp3) is 0.364. The third-order valence-corrected chi connectivity index (χ3v) is 4.81. The Labute approximate surface area is 193 Å². The Morgan fingerprint density at radius 1 is 1.09 bits per heavy atom. The average Bonchev–Trinajstić information content (AvgIpc) is 2.72. The normalized spacial score (nSPS) is 10.4. The van der Waals surface area contributed by atoms with Crippen LogP contribution in [0.3, 0.4) is 0 Å². The molecule has 0 bridgehead atoms. The van der Waals surface area contributed by atoms with E-state index in [1.165, 1.54) is 17.0 Å². The number of hydrogen-bond donors (Lipinski definition) is 1. The second-order valence-corrected chi connectivity index (χ2v) is 7.59. The molecule has 2 aromatic rings. The van der Waals surface area contributed by atoms with Gasteiger partial charge in [-0.05, 0) is 55.9 Å². The number of nitrogens with two attached hydrogens (primary N) is 1. The van der Waals surface area contributed by atoms with Crippen LogP contribution in [0.5, 0.6) is 0 Å². The van der Waals surface area contributed by atoms with E-state index in [0.717, 1.165) is 12.1 Å². The maximum absolute atomic E-state index is 12.4. The zero-order chi connectivity index (χ0) is 23.0. The van der Waals surface area contributed by atoms with Crippen molar-refractivity contribution in [3.63, 3.8) is 0 Å². The number of nitrogens with zero attached hydrogens (tertiary/aromatic N) is 3. The van der Waals surface area contributed by atoms with Crippen molar-refractivity contribution in [2.75, 3.05) is 39.1 Å². The van der Waals surface area contributed by atoms with Crippen molar-refractivity contribution < 1.29 is 37.0 Å². The molecule has 0 saturated heterocycles. The molecule has 0 aliphatic carbocycles. The molecule has 0 atom stereocenters. The molecular weight excluding hydrogens is 436 g/mol. The van der Waals surface area contributed by atoms with Crippen molar-refractivity contribution in [1.29, 1.82) is 0 Å². The zero-order valence-electron chi connectivity index (χ0n) is 18.7. The summed E-state index contributed by atoms with van der Waals surface area (Å²) < 4.78 is 5.34. The molecule has 0 aromatic heterocycles. The lowest BCUT2D eigenvalue weighted by Crippen LogP contribution is -3.00. The first-order valence-corrected chi connectivity index (χ1v) is 9.91. The van der Waals surface area contributed by atoms with Crippen molar-refractivity contribution >= 4 is 23.4 Å². The number of quaternary nitrogens is 1. The number of benzene rings is 2. The summed E-state index contributed by atoms with van der Waals surface area (Å²) in [7, 11) is 5.53. The largest absolute Gasteiger partial charge is 1.00 e. The van der Waals surface area contributed by atoms with E-state index in [0.29, 0.717) is 29.8 Å². The highest BCUT2D eigenvalue weighted by Gasteiger charge is 2.15. The van der Waals surface area contributed by atoms with Crippen LogP contribution in [0.2, 0.25) is 0 Å². The maximum Gasteiger partial charge on any atom is 0.414 e. The number of halogens is 1. The minimum absolute atomic E-state index is 0. The predicted octanol–water partition coefficient (Wildman–Crippen LogP) is -1.13. The first-order valence-electron chi connectivity index (χ1n) is 9.91. The number of aryl methyl sites for hydroxylation is 1. The molecule has 0 fully saturated rings. The predicted molar refractivity (Wildman–Crippen MR) is 117 cm³/mol. The first-order chi connectivity index (χ1) is 14.7. The van der Waals surface area contributed by atoms with Crippen LogP contribution in [0, 0.1) is 17.0 Å². The second-order valence-electron chi connectivity index (χ2n) is 7.59. The Kier molecular flexibility index (Phi) is 10.8. The van der Waals surface area contributed by atoms with E-state index in [-0.39, 0.29) is 30.6 Å². The molecule has 2 rings (SSSR count). The Hall–Kier alpha value is -3.01. The van der Waals surface area contributed by atoms with Gasteiger partial charge >= 0.3 is 12.0 Å². The van der Waals surface area contributed by atoms with Gasteiger partial charge in [0.1, 0.15) is 6.61 Å². The summed E-state index contributed by atoms with van der Waals surface area (Å²) in [5.41, 5.74) is 2.89. The van der Waals surface area contributed by atoms with Crippen LogP contribution >= 0.6 is 0 Å². The number of likely N-dealkylation sites (N-methyl/N-ethyl adjacent to an activating group) is 1. The van der Waals surface area contributed by atoms with Crippen molar-refractivity contribution in [1.82, 2.24) is 4.90 Å². The fourth-order valence-corrected chi connectivity index (χ4v) is 2.89. The molecule has 2 aromatic carbocycles. The van der Waals surface area contributed by atoms with Crippen LogP contribution in [-0.2, 0) is 22.6 Å². The summed E-state index contributed by atoms with van der Waals surface area (Å²) in [6.45, 7) is 3.30. The average molecular weight is 465 g/mol. The lowest BCUT2D eigenvalue weighted by atomic mass is 10.1. The van der Waals surface area contributed by atoms with E-state index in [1.807, 2.05) is 31.1 Å². The highest BCUT2D eigenvalue weighted by atomic mass is 35.5. The molecule has 0 heterocycles. The molecule has 32 heavy (non-hydrogen) atoms. The Morgan fingerprint density at radius 2 is 1.75 bits per heavy atom. The summed E-state index contributed by atoms with van der Waals surface area (Å²) in [5.74, 6) is 0.0702. The molecular formula is C22H29ClN4O5. The summed E-state index contributed by atoms with van der Waals surface area (Å²) in [5, 5.41) is 12.5. The van der Waals surface area contributed by atoms with Gasteiger partial charge in [-0.3, -0.25) is 20.3 Å². The van der Waals surface area contributed by atoms with Gasteiger partial charge in [0.2, 0.25) is 0 Å². The number of nitro benzene ring substituents is 1. The van der Waals surface area contributed by atoms with Gasteiger partial charge in [0, 0.05) is 31.4 Å². The van der Waals surface area contributed by atoms with Crippen LogP contribution < -0.4 is 22.6 Å². The number of anilines is 1. The Balaban J connectivity index is 0.00000512. The summed E-state index contributed by atoms with van der Waals surface area (Å²) in [4.78, 5) is 38.2. The molecule has 0 aliphatic heterocycles. The summed E-state index contributed by atoms with van der Waals surface area (Å²) >= 11 is 0. The fourth-order valence-electron chi connectivity index (χ4n) is 2.89. The van der Waals surface area contributed by atoms with E-state index < -0.39 is 11.0 Å². The van der Waals surface area contributed by atoms with Crippen molar-refractivity contribution in [2.45, 2.75) is 20.0 Å². The van der Waals surface area contributed by atoms with Gasteiger partial charge in [-0.15, -0.1) is 0 Å². The second kappa shape index (κ2) is 12.7. The molecule has 0 spiro atoms. The third-order valence-electron chi connectivity index (χ3n) is 4.81. The molecule has 0 unspecified atom stereocenters. The van der Waals surface area contributed by atoms with Crippen molar-refractivity contribution in [2.24, 2.45) is 0 Å². The maximum atomic E-state index is 12.4. The van der Waals surface area contributed by atoms with Crippen LogP contribution in [0.4, 0.5) is 16.2 Å². The van der Waals surface area contributed by atoms with Crippen LogP contribution in [0.15, 0.2) is 42.5 Å². The van der Waals surface area contributed by atoms with Crippen molar-refractivity contribution in [3.05, 3.63) is 69.3 Å². The van der Waals surface area contributed by atoms with Gasteiger partial charge in [-0.25, -0.2) is 9.59 Å². The van der Waals surface area contributed by atoms with Gasteiger partial charge < -0.3 is 22.0 Å². The number of amides is 2. The third kappa shape index (κ3) is 8.26. The highest BCUT2D eigenvalue weighted by Crippen LogP contribution is 2.19. The molecule has 0 saturated carbocycles. The minimum atomic E-state index is -0.543. The molecule has 0 radical (unpaired) electrons. The van der Waals surface area contributed by atoms with E-state index in [2.05, 4.69) is 0 Å². The molecule has 174 valence electrons. The Bertz CT molecular complexity index is 934.